The van der Waals surface area contributed by atoms with E-state index in [2.05, 4.69) is 4.98 Å². The molecule has 0 N–H and O–H groups in total. The largest absolute Gasteiger partial charge is 0.438 e. The molecule has 2 aromatic heterocycles. The van der Waals surface area contributed by atoms with E-state index in [-0.39, 0.29) is 33.7 Å². The van der Waals surface area contributed by atoms with Crippen molar-refractivity contribution in [2.24, 2.45) is 0 Å². The highest BCUT2D eigenvalue weighted by Gasteiger charge is 2.31. The molecule has 0 unspecified atom stereocenters. The van der Waals surface area contributed by atoms with Gasteiger partial charge in [0.2, 0.25) is 0 Å². The first-order valence-corrected chi connectivity index (χ1v) is 9.25. The zero-order chi connectivity index (χ0) is 20.6. The van der Waals surface area contributed by atoms with E-state index in [0.29, 0.717) is 19.1 Å². The van der Waals surface area contributed by atoms with Crippen molar-refractivity contribution >= 4 is 16.9 Å². The molecule has 0 bridgehead atoms. The van der Waals surface area contributed by atoms with Gasteiger partial charge in [-0.1, -0.05) is 12.1 Å². The van der Waals surface area contributed by atoms with Crippen LogP contribution in [0.5, 0.6) is 0 Å². The molecule has 1 aliphatic heterocycles. The highest BCUT2D eigenvalue weighted by molar-refractivity contribution is 5.90. The van der Waals surface area contributed by atoms with Gasteiger partial charge in [0.05, 0.1) is 10.9 Å². The number of fused-ring (bicyclic) bond motifs is 1. The fraction of sp³-hybridized carbons (Fsp3) is 0.333. The summed E-state index contributed by atoms with van der Waals surface area (Å²) in [4.78, 5) is 18.8. The molecule has 0 spiro atoms. The fourth-order valence-corrected chi connectivity index (χ4v) is 3.54. The van der Waals surface area contributed by atoms with Gasteiger partial charge in [0.25, 0.3) is 0 Å². The fourth-order valence-electron chi connectivity index (χ4n) is 3.54. The maximum absolute atomic E-state index is 13.1. The summed E-state index contributed by atoms with van der Waals surface area (Å²) in [5.41, 5.74) is -0.442. The number of ether oxygens (including phenoxy) is 1. The maximum atomic E-state index is 13.1. The highest BCUT2D eigenvalue weighted by atomic mass is 19.4. The third-order valence-corrected chi connectivity index (χ3v) is 5.18. The van der Waals surface area contributed by atoms with Crippen molar-refractivity contribution in [3.63, 3.8) is 0 Å². The molecule has 1 saturated heterocycles. The Morgan fingerprint density at radius 2 is 1.90 bits per heavy atom. The van der Waals surface area contributed by atoms with Crippen molar-refractivity contribution in [3.05, 3.63) is 58.4 Å². The average molecular weight is 404 g/mol. The van der Waals surface area contributed by atoms with Crippen molar-refractivity contribution in [3.8, 4) is 11.3 Å². The molecule has 1 aliphatic rings. The van der Waals surface area contributed by atoms with Gasteiger partial charge < -0.3 is 14.1 Å². The summed E-state index contributed by atoms with van der Waals surface area (Å²) >= 11 is 0. The van der Waals surface area contributed by atoms with Crippen LogP contribution in [-0.2, 0) is 10.9 Å². The first-order chi connectivity index (χ1) is 13.8. The second-order valence-corrected chi connectivity index (χ2v) is 7.02. The molecule has 8 heteroatoms. The number of hydrogen-bond donors (Lipinski definition) is 0. The van der Waals surface area contributed by atoms with E-state index in [9.17, 15) is 18.0 Å². The smallest absolute Gasteiger partial charge is 0.416 e. The van der Waals surface area contributed by atoms with Gasteiger partial charge in [-0.15, -0.1) is 0 Å². The van der Waals surface area contributed by atoms with Crippen LogP contribution >= 0.6 is 0 Å². The Morgan fingerprint density at radius 1 is 1.14 bits per heavy atom. The second kappa shape index (κ2) is 7.51. The van der Waals surface area contributed by atoms with Gasteiger partial charge in [-0.25, -0.2) is 0 Å². The molecule has 5 nitrogen and oxygen atoms in total. The number of anilines is 1. The molecule has 4 rings (SSSR count). The number of alkyl halides is 3. The predicted molar refractivity (Wildman–Crippen MR) is 103 cm³/mol. The van der Waals surface area contributed by atoms with Crippen LogP contribution in [0.3, 0.4) is 0 Å². The summed E-state index contributed by atoms with van der Waals surface area (Å²) < 4.78 is 50.8. The molecular weight excluding hydrogens is 385 g/mol. The second-order valence-electron chi connectivity index (χ2n) is 7.02. The minimum absolute atomic E-state index is 0.151. The van der Waals surface area contributed by atoms with Crippen molar-refractivity contribution in [2.75, 3.05) is 25.2 Å². The Balaban J connectivity index is 1.84. The maximum Gasteiger partial charge on any atom is 0.416 e. The predicted octanol–water partition coefficient (Wildman–Crippen LogP) is 4.49. The standard InChI is InChI=1S/C21H19F3N2O3/c1-26(15-6-9-28-10-7-15)18-12-17(27)16-5-8-25-19(20(16)29-18)13-3-2-4-14(11-13)21(22,23)24/h2-5,8,11-12,15H,6-7,9-10H2,1H3. The lowest BCUT2D eigenvalue weighted by Crippen LogP contribution is -2.37. The minimum atomic E-state index is -4.48. The monoisotopic (exact) mass is 404 g/mol. The van der Waals surface area contributed by atoms with E-state index in [1.807, 2.05) is 11.9 Å². The van der Waals surface area contributed by atoms with E-state index >= 15 is 0 Å². The number of benzene rings is 1. The molecular formula is C21H19F3N2O3. The molecule has 1 fully saturated rings. The highest BCUT2D eigenvalue weighted by Crippen LogP contribution is 2.34. The summed E-state index contributed by atoms with van der Waals surface area (Å²) in [6.07, 6.45) is -1.48. The molecule has 3 heterocycles. The SMILES string of the molecule is CN(c1cc(=O)c2ccnc(-c3cccc(C(F)(F)F)c3)c2o1)C1CCOCC1. The zero-order valence-corrected chi connectivity index (χ0v) is 15.7. The Morgan fingerprint density at radius 3 is 2.62 bits per heavy atom. The van der Waals surface area contributed by atoms with E-state index in [1.165, 1.54) is 30.5 Å². The van der Waals surface area contributed by atoms with E-state index in [4.69, 9.17) is 9.15 Å². The normalized spacial score (nSPS) is 15.6. The van der Waals surface area contributed by atoms with E-state index < -0.39 is 11.7 Å². The Kier molecular flexibility index (Phi) is 5.04. The lowest BCUT2D eigenvalue weighted by molar-refractivity contribution is -0.137. The molecule has 3 aromatic rings. The van der Waals surface area contributed by atoms with Crippen molar-refractivity contribution < 1.29 is 22.3 Å². The van der Waals surface area contributed by atoms with Crippen LogP contribution in [0.4, 0.5) is 19.1 Å². The molecule has 1 aromatic carbocycles. The molecule has 0 radical (unpaired) electrons. The van der Waals surface area contributed by atoms with Crippen LogP contribution < -0.4 is 10.3 Å². The van der Waals surface area contributed by atoms with E-state index in [0.717, 1.165) is 25.0 Å². The van der Waals surface area contributed by atoms with Gasteiger partial charge in [0, 0.05) is 44.1 Å². The van der Waals surface area contributed by atoms with Gasteiger partial charge in [0.15, 0.2) is 16.9 Å². The number of halogens is 3. The van der Waals surface area contributed by atoms with Gasteiger partial charge in [-0.05, 0) is 31.0 Å². The lowest BCUT2D eigenvalue weighted by atomic mass is 10.1. The third-order valence-electron chi connectivity index (χ3n) is 5.18. The quantitative estimate of drug-likeness (QED) is 0.644. The van der Waals surface area contributed by atoms with Crippen molar-refractivity contribution in [2.45, 2.75) is 25.1 Å². The Bertz CT molecular complexity index is 1090. The zero-order valence-electron chi connectivity index (χ0n) is 15.7. The van der Waals surface area contributed by atoms with Crippen LogP contribution in [0.2, 0.25) is 0 Å². The molecule has 0 saturated carbocycles. The molecule has 0 aliphatic carbocycles. The summed E-state index contributed by atoms with van der Waals surface area (Å²) in [6.45, 7) is 1.26. The summed E-state index contributed by atoms with van der Waals surface area (Å²) in [5, 5.41) is 0.275. The van der Waals surface area contributed by atoms with Gasteiger partial charge in [-0.3, -0.25) is 9.78 Å². The molecule has 0 atom stereocenters. The number of aromatic nitrogens is 1. The number of hydrogen-bond acceptors (Lipinski definition) is 5. The first kappa shape index (κ1) is 19.4. The number of rotatable bonds is 3. The van der Waals surface area contributed by atoms with Gasteiger partial charge in [-0.2, -0.15) is 13.2 Å². The number of nitrogens with zero attached hydrogens (tertiary/aromatic N) is 2. The third kappa shape index (κ3) is 3.85. The van der Waals surface area contributed by atoms with Crippen molar-refractivity contribution in [1.29, 1.82) is 0 Å². The van der Waals surface area contributed by atoms with Crippen LogP contribution in [-0.4, -0.2) is 31.3 Å². The lowest BCUT2D eigenvalue weighted by Gasteiger charge is -2.31. The van der Waals surface area contributed by atoms with Gasteiger partial charge in [0.1, 0.15) is 5.69 Å². The van der Waals surface area contributed by atoms with Crippen LogP contribution in [0.25, 0.3) is 22.2 Å². The molecule has 0 amide bonds. The van der Waals surface area contributed by atoms with Crippen LogP contribution in [0.15, 0.2) is 51.8 Å². The van der Waals surface area contributed by atoms with Crippen LogP contribution in [0.1, 0.15) is 18.4 Å². The Labute approximate surface area is 164 Å². The summed E-state index contributed by atoms with van der Waals surface area (Å²) in [5.74, 6) is 0.357. The average Bonchev–Trinajstić information content (AvgIpc) is 2.73. The van der Waals surface area contributed by atoms with Crippen molar-refractivity contribution in [1.82, 2.24) is 4.98 Å². The van der Waals surface area contributed by atoms with E-state index in [1.54, 1.807) is 0 Å². The molecule has 29 heavy (non-hydrogen) atoms. The Hall–Kier alpha value is -2.87. The van der Waals surface area contributed by atoms with Gasteiger partial charge >= 0.3 is 6.18 Å². The first-order valence-electron chi connectivity index (χ1n) is 9.25. The molecule has 152 valence electrons. The number of pyridine rings is 1. The topological polar surface area (TPSA) is 55.6 Å². The summed E-state index contributed by atoms with van der Waals surface area (Å²) in [7, 11) is 1.83. The summed E-state index contributed by atoms with van der Waals surface area (Å²) in [6, 6.07) is 7.91. The van der Waals surface area contributed by atoms with Crippen LogP contribution in [0, 0.1) is 0 Å². The minimum Gasteiger partial charge on any atom is -0.438 e.